The second-order valence-corrected chi connectivity index (χ2v) is 6.57. The first kappa shape index (κ1) is 17.3. The Hall–Kier alpha value is -2.04. The molecule has 0 aliphatic carbocycles. The molecule has 0 fully saturated rings. The van der Waals surface area contributed by atoms with Crippen molar-refractivity contribution in [3.8, 4) is 11.4 Å². The van der Waals surface area contributed by atoms with Crippen molar-refractivity contribution in [1.82, 2.24) is 20.2 Å². The molecule has 10 heteroatoms. The Bertz CT molecular complexity index is 714. The molecule has 0 atom stereocenters. The van der Waals surface area contributed by atoms with E-state index in [2.05, 4.69) is 20.2 Å². The highest BCUT2D eigenvalue weighted by Crippen LogP contribution is 2.18. The average molecular weight is 341 g/mol. The van der Waals surface area contributed by atoms with Gasteiger partial charge in [-0.15, -0.1) is 5.10 Å². The second-order valence-electron chi connectivity index (χ2n) is 4.73. The minimum atomic E-state index is -3.46. The van der Waals surface area contributed by atoms with Crippen LogP contribution in [-0.4, -0.2) is 61.3 Å². The van der Waals surface area contributed by atoms with Crippen LogP contribution in [0.4, 0.5) is 5.69 Å². The summed E-state index contributed by atoms with van der Waals surface area (Å²) in [6.45, 7) is 0.916. The van der Waals surface area contributed by atoms with Gasteiger partial charge in [0.2, 0.25) is 10.0 Å². The fraction of sp³-hybridized carbons (Fsp3) is 0.462. The Labute approximate surface area is 134 Å². The zero-order valence-corrected chi connectivity index (χ0v) is 13.8. The number of nitrogens with one attached hydrogen (secondary N) is 1. The monoisotopic (exact) mass is 341 g/mol. The summed E-state index contributed by atoms with van der Waals surface area (Å²) in [4.78, 5) is 0. The first-order valence-electron chi connectivity index (χ1n) is 6.92. The second kappa shape index (κ2) is 7.99. The van der Waals surface area contributed by atoms with Crippen LogP contribution in [0.3, 0.4) is 0 Å². The fourth-order valence-electron chi connectivity index (χ4n) is 1.80. The molecule has 9 nitrogen and oxygen atoms in total. The lowest BCUT2D eigenvalue weighted by Gasteiger charge is -2.09. The standard InChI is InChI=1S/C13H19N5O4S/c1-18-13(14-16-17-18)11-3-5-12(6-4-11)15-23(19,20)10-9-22-8-7-21-2/h3-6,15H,7-10H2,1-2H3. The SMILES string of the molecule is COCCOCCS(=O)(=O)Nc1ccc(-c2nnnn2C)cc1. The zero-order chi connectivity index (χ0) is 16.7. The van der Waals surface area contributed by atoms with Gasteiger partial charge >= 0.3 is 0 Å². The van der Waals surface area contributed by atoms with Gasteiger partial charge in [-0.05, 0) is 34.7 Å². The largest absolute Gasteiger partial charge is 0.382 e. The van der Waals surface area contributed by atoms with Crippen LogP contribution in [-0.2, 0) is 26.5 Å². The number of hydrogen-bond donors (Lipinski definition) is 1. The van der Waals surface area contributed by atoms with Crippen molar-refractivity contribution < 1.29 is 17.9 Å². The lowest BCUT2D eigenvalue weighted by molar-refractivity contribution is 0.0785. The molecule has 0 aliphatic heterocycles. The maximum absolute atomic E-state index is 11.9. The number of ether oxygens (including phenoxy) is 2. The van der Waals surface area contributed by atoms with E-state index < -0.39 is 10.0 Å². The quantitative estimate of drug-likeness (QED) is 0.653. The number of tetrazole rings is 1. The maximum Gasteiger partial charge on any atom is 0.234 e. The topological polar surface area (TPSA) is 108 Å². The van der Waals surface area contributed by atoms with Crippen LogP contribution in [0.25, 0.3) is 11.4 Å². The average Bonchev–Trinajstić information content (AvgIpc) is 2.93. The molecular weight excluding hydrogens is 322 g/mol. The first-order chi connectivity index (χ1) is 11.0. The number of rotatable bonds is 9. The summed E-state index contributed by atoms with van der Waals surface area (Å²) in [6, 6.07) is 6.82. The van der Waals surface area contributed by atoms with Crippen LogP contribution in [0, 0.1) is 0 Å². The molecule has 126 valence electrons. The van der Waals surface area contributed by atoms with Gasteiger partial charge in [-0.3, -0.25) is 4.72 Å². The molecule has 2 aromatic rings. The lowest BCUT2D eigenvalue weighted by atomic mass is 10.2. The number of hydrogen-bond acceptors (Lipinski definition) is 7. The van der Waals surface area contributed by atoms with E-state index in [4.69, 9.17) is 9.47 Å². The summed E-state index contributed by atoms with van der Waals surface area (Å²) in [5.41, 5.74) is 1.27. The highest BCUT2D eigenvalue weighted by molar-refractivity contribution is 7.92. The van der Waals surface area contributed by atoms with Gasteiger partial charge in [-0.25, -0.2) is 13.1 Å². The maximum atomic E-state index is 11.9. The third kappa shape index (κ3) is 5.27. The molecule has 1 aromatic carbocycles. The highest BCUT2D eigenvalue weighted by atomic mass is 32.2. The van der Waals surface area contributed by atoms with Gasteiger partial charge in [-0.1, -0.05) is 0 Å². The molecule has 0 radical (unpaired) electrons. The minimum absolute atomic E-state index is 0.112. The molecule has 1 heterocycles. The van der Waals surface area contributed by atoms with Gasteiger partial charge in [0.05, 0.1) is 25.6 Å². The molecular formula is C13H19N5O4S. The van der Waals surface area contributed by atoms with E-state index in [0.717, 1.165) is 5.56 Å². The third-order valence-corrected chi connectivity index (χ3v) is 4.22. The number of nitrogens with zero attached hydrogens (tertiary/aromatic N) is 4. The third-order valence-electron chi connectivity index (χ3n) is 2.96. The van der Waals surface area contributed by atoms with E-state index in [-0.39, 0.29) is 12.4 Å². The zero-order valence-electron chi connectivity index (χ0n) is 13.0. The molecule has 0 unspecified atom stereocenters. The number of aromatic nitrogens is 4. The summed E-state index contributed by atoms with van der Waals surface area (Å²) in [5, 5.41) is 11.2. The van der Waals surface area contributed by atoms with Crippen molar-refractivity contribution in [3.63, 3.8) is 0 Å². The molecule has 0 spiro atoms. The van der Waals surface area contributed by atoms with Crippen LogP contribution in [0.5, 0.6) is 0 Å². The Morgan fingerprint density at radius 2 is 1.91 bits per heavy atom. The van der Waals surface area contributed by atoms with Crippen molar-refractivity contribution in [2.75, 3.05) is 37.4 Å². The Kier molecular flexibility index (Phi) is 6.02. The van der Waals surface area contributed by atoms with Crippen LogP contribution in [0.15, 0.2) is 24.3 Å². The Balaban J connectivity index is 1.91. The number of sulfonamides is 1. The molecule has 1 aromatic heterocycles. The van der Waals surface area contributed by atoms with Crippen LogP contribution >= 0.6 is 0 Å². The van der Waals surface area contributed by atoms with Gasteiger partial charge in [0.15, 0.2) is 5.82 Å². The summed E-state index contributed by atoms with van der Waals surface area (Å²) >= 11 is 0. The van der Waals surface area contributed by atoms with E-state index in [1.165, 1.54) is 4.68 Å². The number of methoxy groups -OCH3 is 1. The highest BCUT2D eigenvalue weighted by Gasteiger charge is 2.11. The first-order valence-corrected chi connectivity index (χ1v) is 8.57. The van der Waals surface area contributed by atoms with Crippen molar-refractivity contribution in [3.05, 3.63) is 24.3 Å². The predicted molar refractivity (Wildman–Crippen MR) is 84.3 cm³/mol. The van der Waals surface area contributed by atoms with Crippen LogP contribution in [0.2, 0.25) is 0 Å². The van der Waals surface area contributed by atoms with Crippen LogP contribution < -0.4 is 4.72 Å². The summed E-state index contributed by atoms with van der Waals surface area (Å²) < 4.78 is 37.9. The summed E-state index contributed by atoms with van der Waals surface area (Å²) in [6.07, 6.45) is 0. The number of aryl methyl sites for hydroxylation is 1. The van der Waals surface area contributed by atoms with E-state index in [0.29, 0.717) is 24.7 Å². The molecule has 0 bridgehead atoms. The lowest BCUT2D eigenvalue weighted by Crippen LogP contribution is -2.20. The number of benzene rings is 1. The van der Waals surface area contributed by atoms with Gasteiger partial charge in [0.1, 0.15) is 0 Å². The van der Waals surface area contributed by atoms with Gasteiger partial charge < -0.3 is 9.47 Å². The van der Waals surface area contributed by atoms with E-state index in [9.17, 15) is 8.42 Å². The molecule has 1 N–H and O–H groups in total. The smallest absolute Gasteiger partial charge is 0.234 e. The molecule has 0 saturated heterocycles. The summed E-state index contributed by atoms with van der Waals surface area (Å²) in [7, 11) is -0.168. The van der Waals surface area contributed by atoms with Crippen molar-refractivity contribution >= 4 is 15.7 Å². The molecule has 0 saturated carbocycles. The molecule has 23 heavy (non-hydrogen) atoms. The van der Waals surface area contributed by atoms with E-state index in [1.807, 2.05) is 0 Å². The summed E-state index contributed by atoms with van der Waals surface area (Å²) in [5.74, 6) is 0.483. The van der Waals surface area contributed by atoms with Crippen molar-refractivity contribution in [2.45, 2.75) is 0 Å². The minimum Gasteiger partial charge on any atom is -0.382 e. The molecule has 0 amide bonds. The van der Waals surface area contributed by atoms with Gasteiger partial charge in [0.25, 0.3) is 0 Å². The predicted octanol–water partition coefficient (Wildman–Crippen LogP) is 0.282. The normalized spacial score (nSPS) is 11.6. The van der Waals surface area contributed by atoms with Crippen LogP contribution in [0.1, 0.15) is 0 Å². The molecule has 2 rings (SSSR count). The van der Waals surface area contributed by atoms with E-state index >= 15 is 0 Å². The van der Waals surface area contributed by atoms with Gasteiger partial charge in [-0.2, -0.15) is 0 Å². The van der Waals surface area contributed by atoms with Crippen molar-refractivity contribution in [2.24, 2.45) is 7.05 Å². The fourth-order valence-corrected chi connectivity index (χ4v) is 2.74. The Morgan fingerprint density at radius 3 is 2.52 bits per heavy atom. The van der Waals surface area contributed by atoms with Crippen molar-refractivity contribution in [1.29, 1.82) is 0 Å². The Morgan fingerprint density at radius 1 is 1.17 bits per heavy atom. The van der Waals surface area contributed by atoms with Gasteiger partial charge in [0, 0.05) is 25.4 Å². The van der Waals surface area contributed by atoms with E-state index in [1.54, 1.807) is 38.4 Å². The number of anilines is 1. The molecule has 0 aliphatic rings.